The number of fused-ring (bicyclic) bond motifs is 1. The Balaban J connectivity index is 1.48. The Morgan fingerprint density at radius 1 is 1.36 bits per heavy atom. The van der Waals surface area contributed by atoms with E-state index in [0.29, 0.717) is 6.04 Å². The maximum absolute atomic E-state index is 12.2. The molecule has 3 rings (SSSR count). The fourth-order valence-corrected chi connectivity index (χ4v) is 3.67. The van der Waals surface area contributed by atoms with Crippen molar-refractivity contribution in [2.24, 2.45) is 11.7 Å². The van der Waals surface area contributed by atoms with Crippen LogP contribution in [0.25, 0.3) is 0 Å². The zero-order valence-electron chi connectivity index (χ0n) is 13.4. The summed E-state index contributed by atoms with van der Waals surface area (Å²) in [5.41, 5.74) is 8.79. The predicted octanol–water partition coefficient (Wildman–Crippen LogP) is 1.68. The third kappa shape index (κ3) is 3.50. The molecule has 1 fully saturated rings. The van der Waals surface area contributed by atoms with Crippen LogP contribution in [0.1, 0.15) is 37.3 Å². The van der Waals surface area contributed by atoms with Crippen molar-refractivity contribution in [1.29, 1.82) is 0 Å². The molecule has 1 heterocycles. The first kappa shape index (κ1) is 15.5. The van der Waals surface area contributed by atoms with Crippen LogP contribution in [0.2, 0.25) is 0 Å². The lowest BCUT2D eigenvalue weighted by Gasteiger charge is -2.34. The maximum Gasteiger partial charge on any atom is 0.223 e. The number of rotatable bonds is 4. The van der Waals surface area contributed by atoms with E-state index < -0.39 is 0 Å². The van der Waals surface area contributed by atoms with Crippen molar-refractivity contribution in [3.8, 4) is 0 Å². The first-order valence-corrected chi connectivity index (χ1v) is 8.47. The van der Waals surface area contributed by atoms with Crippen molar-refractivity contribution >= 4 is 5.91 Å². The summed E-state index contributed by atoms with van der Waals surface area (Å²) in [5.74, 6) is 0.321. The first-order valence-electron chi connectivity index (χ1n) is 8.47. The van der Waals surface area contributed by atoms with Crippen LogP contribution in [-0.4, -0.2) is 36.0 Å². The van der Waals surface area contributed by atoms with Crippen LogP contribution in [0.3, 0.4) is 0 Å². The third-order valence-electron chi connectivity index (χ3n) is 5.20. The topological polar surface area (TPSA) is 58.4 Å². The minimum Gasteiger partial charge on any atom is -0.354 e. The van der Waals surface area contributed by atoms with E-state index >= 15 is 0 Å². The molecule has 4 nitrogen and oxygen atoms in total. The van der Waals surface area contributed by atoms with Crippen LogP contribution < -0.4 is 11.1 Å². The van der Waals surface area contributed by atoms with Gasteiger partial charge >= 0.3 is 0 Å². The van der Waals surface area contributed by atoms with E-state index in [2.05, 4.69) is 41.4 Å². The zero-order valence-corrected chi connectivity index (χ0v) is 13.4. The molecule has 3 atom stereocenters. The Morgan fingerprint density at radius 2 is 2.14 bits per heavy atom. The lowest BCUT2D eigenvalue weighted by molar-refractivity contribution is -0.125. The number of nitrogens with one attached hydrogen (secondary N) is 1. The Kier molecular flexibility index (Phi) is 4.79. The maximum atomic E-state index is 12.2. The Hall–Kier alpha value is -1.39. The molecular weight excluding hydrogens is 274 g/mol. The van der Waals surface area contributed by atoms with E-state index in [1.807, 2.05) is 0 Å². The number of benzene rings is 1. The summed E-state index contributed by atoms with van der Waals surface area (Å²) in [6.07, 6.45) is 3.87. The highest BCUT2D eigenvalue weighted by atomic mass is 16.1. The van der Waals surface area contributed by atoms with Crippen LogP contribution in [0.15, 0.2) is 24.3 Å². The zero-order chi connectivity index (χ0) is 15.5. The first-order chi connectivity index (χ1) is 10.6. The third-order valence-corrected chi connectivity index (χ3v) is 5.20. The number of nitrogens with zero attached hydrogens (tertiary/aromatic N) is 1. The van der Waals surface area contributed by atoms with Gasteiger partial charge < -0.3 is 11.1 Å². The average Bonchev–Trinajstić information content (AvgIpc) is 2.98. The minimum absolute atomic E-state index is 0.129. The normalized spacial score (nSPS) is 26.5. The van der Waals surface area contributed by atoms with Crippen molar-refractivity contribution < 1.29 is 4.79 Å². The van der Waals surface area contributed by atoms with Gasteiger partial charge in [-0.2, -0.15) is 0 Å². The van der Waals surface area contributed by atoms with Crippen LogP contribution in [0.5, 0.6) is 0 Å². The molecule has 4 heteroatoms. The van der Waals surface area contributed by atoms with Crippen LogP contribution in [-0.2, 0) is 17.8 Å². The molecule has 1 saturated carbocycles. The molecule has 0 spiro atoms. The predicted molar refractivity (Wildman–Crippen MR) is 88.3 cm³/mol. The van der Waals surface area contributed by atoms with Crippen molar-refractivity contribution in [3.63, 3.8) is 0 Å². The summed E-state index contributed by atoms with van der Waals surface area (Å²) in [4.78, 5) is 14.7. The van der Waals surface area contributed by atoms with E-state index in [1.165, 1.54) is 11.1 Å². The molecule has 120 valence electrons. The molecule has 1 aromatic carbocycles. The van der Waals surface area contributed by atoms with E-state index in [-0.39, 0.29) is 17.9 Å². The van der Waals surface area contributed by atoms with Gasteiger partial charge in [-0.3, -0.25) is 9.69 Å². The number of nitrogens with two attached hydrogens (primary N) is 1. The Labute approximate surface area is 133 Å². The van der Waals surface area contributed by atoms with E-state index in [4.69, 9.17) is 5.73 Å². The quantitative estimate of drug-likeness (QED) is 0.889. The molecule has 1 aliphatic heterocycles. The highest BCUT2D eigenvalue weighted by Gasteiger charge is 2.28. The van der Waals surface area contributed by atoms with Gasteiger partial charge in [-0.1, -0.05) is 24.3 Å². The fraction of sp³-hybridized carbons (Fsp3) is 0.611. The number of amides is 1. The van der Waals surface area contributed by atoms with Gasteiger partial charge in [0.05, 0.1) is 0 Å². The Bertz CT molecular complexity index is 531. The fourth-order valence-electron chi connectivity index (χ4n) is 3.67. The molecule has 3 N–H and O–H groups in total. The second-order valence-corrected chi connectivity index (χ2v) is 6.85. The van der Waals surface area contributed by atoms with Gasteiger partial charge in [-0.05, 0) is 43.7 Å². The van der Waals surface area contributed by atoms with Gasteiger partial charge in [0.15, 0.2) is 0 Å². The summed E-state index contributed by atoms with van der Waals surface area (Å²) in [7, 11) is 0. The summed E-state index contributed by atoms with van der Waals surface area (Å²) >= 11 is 0. The summed E-state index contributed by atoms with van der Waals surface area (Å²) in [6, 6.07) is 9.25. The minimum atomic E-state index is 0.129. The van der Waals surface area contributed by atoms with E-state index in [9.17, 15) is 4.79 Å². The van der Waals surface area contributed by atoms with Crippen LogP contribution in [0.4, 0.5) is 0 Å². The molecule has 22 heavy (non-hydrogen) atoms. The van der Waals surface area contributed by atoms with Gasteiger partial charge in [-0.15, -0.1) is 0 Å². The van der Waals surface area contributed by atoms with E-state index in [1.54, 1.807) is 0 Å². The molecular formula is C18H27N3O. The average molecular weight is 301 g/mol. The van der Waals surface area contributed by atoms with Gasteiger partial charge in [0.2, 0.25) is 5.91 Å². The number of hydrogen-bond acceptors (Lipinski definition) is 3. The molecule has 1 aliphatic carbocycles. The molecule has 1 aromatic rings. The number of hydrogen-bond donors (Lipinski definition) is 2. The summed E-state index contributed by atoms with van der Waals surface area (Å²) in [5, 5.41) is 3.13. The summed E-state index contributed by atoms with van der Waals surface area (Å²) < 4.78 is 0. The van der Waals surface area contributed by atoms with E-state index in [0.717, 1.165) is 45.3 Å². The van der Waals surface area contributed by atoms with Crippen LogP contribution in [0, 0.1) is 5.92 Å². The second kappa shape index (κ2) is 6.80. The number of carbonyl (C=O) groups is 1. The SMILES string of the molecule is CC(CNC(=O)C1CCC(N)C1)N1CCc2ccccc2C1. The van der Waals surface area contributed by atoms with Gasteiger partial charge in [0.25, 0.3) is 0 Å². The van der Waals surface area contributed by atoms with Crippen molar-refractivity contribution in [3.05, 3.63) is 35.4 Å². The smallest absolute Gasteiger partial charge is 0.223 e. The number of carbonyl (C=O) groups excluding carboxylic acids is 1. The molecule has 0 saturated heterocycles. The van der Waals surface area contributed by atoms with Gasteiger partial charge in [0, 0.05) is 37.6 Å². The molecule has 0 radical (unpaired) electrons. The second-order valence-electron chi connectivity index (χ2n) is 6.85. The molecule has 0 bridgehead atoms. The largest absolute Gasteiger partial charge is 0.354 e. The Morgan fingerprint density at radius 3 is 2.86 bits per heavy atom. The van der Waals surface area contributed by atoms with Crippen molar-refractivity contribution in [1.82, 2.24) is 10.2 Å². The molecule has 0 aromatic heterocycles. The van der Waals surface area contributed by atoms with Gasteiger partial charge in [-0.25, -0.2) is 0 Å². The van der Waals surface area contributed by atoms with Crippen LogP contribution >= 0.6 is 0 Å². The lowest BCUT2D eigenvalue weighted by Crippen LogP contribution is -2.45. The highest BCUT2D eigenvalue weighted by Crippen LogP contribution is 2.24. The molecule has 1 amide bonds. The monoisotopic (exact) mass is 301 g/mol. The molecule has 3 unspecified atom stereocenters. The summed E-state index contributed by atoms with van der Waals surface area (Å²) in [6.45, 7) is 4.99. The molecule has 2 aliphatic rings. The lowest BCUT2D eigenvalue weighted by atomic mass is 9.99. The van der Waals surface area contributed by atoms with Crippen molar-refractivity contribution in [2.45, 2.75) is 51.2 Å². The standard InChI is InChI=1S/C18H27N3O/c1-13(11-20-18(22)15-6-7-17(19)10-15)21-9-8-14-4-2-3-5-16(14)12-21/h2-5,13,15,17H,6-12,19H2,1H3,(H,20,22). The van der Waals surface area contributed by atoms with Crippen molar-refractivity contribution in [2.75, 3.05) is 13.1 Å². The highest BCUT2D eigenvalue weighted by molar-refractivity contribution is 5.79. The van der Waals surface area contributed by atoms with Gasteiger partial charge in [0.1, 0.15) is 0 Å².